The number of H-pyrrole nitrogens is 1. The molecule has 0 radical (unpaired) electrons. The van der Waals surface area contributed by atoms with Crippen molar-refractivity contribution in [1.29, 1.82) is 0 Å². The van der Waals surface area contributed by atoms with E-state index in [1.165, 1.54) is 16.4 Å². The fourth-order valence-electron chi connectivity index (χ4n) is 3.25. The number of benzene rings is 2. The molecule has 3 aromatic rings. The van der Waals surface area contributed by atoms with E-state index in [0.717, 1.165) is 5.56 Å². The number of nitrogens with zero attached hydrogens (tertiary/aromatic N) is 3. The van der Waals surface area contributed by atoms with Crippen LogP contribution in [0, 0.1) is 0 Å². The number of hydrogen-bond acceptors (Lipinski definition) is 4. The van der Waals surface area contributed by atoms with Gasteiger partial charge in [0.25, 0.3) is 5.91 Å². The zero-order chi connectivity index (χ0) is 20.4. The van der Waals surface area contributed by atoms with Crippen LogP contribution in [0.1, 0.15) is 10.5 Å². The molecule has 9 heteroatoms. The monoisotopic (exact) mass is 430 g/mol. The molecular formula is C20H19ClN4O3S. The summed E-state index contributed by atoms with van der Waals surface area (Å²) in [5.74, 6) is -0.191. The summed E-state index contributed by atoms with van der Waals surface area (Å²) in [6, 6.07) is 17.4. The quantitative estimate of drug-likeness (QED) is 0.689. The van der Waals surface area contributed by atoms with Crippen LogP contribution in [0.4, 0.5) is 0 Å². The largest absolute Gasteiger partial charge is 0.335 e. The van der Waals surface area contributed by atoms with Gasteiger partial charge in [-0.3, -0.25) is 9.89 Å². The Bertz CT molecular complexity index is 1110. The summed E-state index contributed by atoms with van der Waals surface area (Å²) < 4.78 is 26.9. The second-order valence-corrected chi connectivity index (χ2v) is 9.06. The van der Waals surface area contributed by atoms with Gasteiger partial charge in [0, 0.05) is 36.8 Å². The molecule has 0 spiro atoms. The minimum absolute atomic E-state index is 0.191. The summed E-state index contributed by atoms with van der Waals surface area (Å²) in [5, 5.41) is 7.48. The molecule has 2 aromatic carbocycles. The minimum atomic E-state index is -3.61. The van der Waals surface area contributed by atoms with Crippen LogP contribution in [-0.2, 0) is 10.0 Å². The number of hydrogen-bond donors (Lipinski definition) is 1. The number of piperazine rings is 1. The van der Waals surface area contributed by atoms with Gasteiger partial charge in [0.15, 0.2) is 0 Å². The number of nitrogens with one attached hydrogen (secondary N) is 1. The minimum Gasteiger partial charge on any atom is -0.335 e. The Morgan fingerprint density at radius 2 is 1.62 bits per heavy atom. The lowest BCUT2D eigenvalue weighted by Crippen LogP contribution is -2.50. The molecule has 1 fully saturated rings. The topological polar surface area (TPSA) is 86.4 Å². The fourth-order valence-corrected chi connectivity index (χ4v) is 4.79. The standard InChI is InChI=1S/C20H19ClN4O3S/c21-16-6-8-17(9-7-16)29(27,28)25-12-10-24(11-13-25)20(26)19-14-18(22-23-19)15-4-2-1-3-5-15/h1-9,14H,10-13H2,(H,22,23). The Kier molecular flexibility index (Phi) is 5.40. The SMILES string of the molecule is O=C(c1cc(-c2ccccc2)n[nH]1)N1CCN(S(=O)(=O)c2ccc(Cl)cc2)CC1. The van der Waals surface area contributed by atoms with Gasteiger partial charge in [0.2, 0.25) is 10.0 Å². The van der Waals surface area contributed by atoms with Gasteiger partial charge in [-0.1, -0.05) is 41.9 Å². The van der Waals surface area contributed by atoms with Crippen molar-refractivity contribution in [3.8, 4) is 11.3 Å². The van der Waals surface area contributed by atoms with Gasteiger partial charge < -0.3 is 4.90 Å². The molecule has 0 aliphatic carbocycles. The van der Waals surface area contributed by atoms with Gasteiger partial charge >= 0.3 is 0 Å². The molecular weight excluding hydrogens is 412 g/mol. The van der Waals surface area contributed by atoms with Crippen molar-refractivity contribution in [1.82, 2.24) is 19.4 Å². The summed E-state index contributed by atoms with van der Waals surface area (Å²) in [5.41, 5.74) is 2.00. The average Bonchev–Trinajstić information content (AvgIpc) is 3.24. The van der Waals surface area contributed by atoms with E-state index >= 15 is 0 Å². The molecule has 0 atom stereocenters. The van der Waals surface area contributed by atoms with Gasteiger partial charge in [-0.2, -0.15) is 9.40 Å². The van der Waals surface area contributed by atoms with E-state index in [1.807, 2.05) is 30.3 Å². The van der Waals surface area contributed by atoms with Gasteiger partial charge in [-0.05, 0) is 30.3 Å². The van der Waals surface area contributed by atoms with Gasteiger partial charge in [-0.25, -0.2) is 8.42 Å². The fraction of sp³-hybridized carbons (Fsp3) is 0.200. The second kappa shape index (κ2) is 7.98. The number of aromatic amines is 1. The number of aromatic nitrogens is 2. The molecule has 4 rings (SSSR count). The molecule has 1 amide bonds. The van der Waals surface area contributed by atoms with Crippen LogP contribution in [0.5, 0.6) is 0 Å². The molecule has 2 heterocycles. The third-order valence-electron chi connectivity index (χ3n) is 4.86. The number of amides is 1. The van der Waals surface area contributed by atoms with Crippen molar-refractivity contribution < 1.29 is 13.2 Å². The Morgan fingerprint density at radius 3 is 2.28 bits per heavy atom. The van der Waals surface area contributed by atoms with Crippen LogP contribution >= 0.6 is 11.6 Å². The van der Waals surface area contributed by atoms with Gasteiger partial charge in [0.05, 0.1) is 10.6 Å². The van der Waals surface area contributed by atoms with E-state index < -0.39 is 10.0 Å². The lowest BCUT2D eigenvalue weighted by Gasteiger charge is -2.33. The molecule has 0 unspecified atom stereocenters. The predicted octanol–water partition coefficient (Wildman–Crippen LogP) is 2.88. The summed E-state index contributed by atoms with van der Waals surface area (Å²) in [4.78, 5) is 14.6. The normalized spacial score (nSPS) is 15.4. The van der Waals surface area contributed by atoms with Crippen LogP contribution < -0.4 is 0 Å². The molecule has 1 aliphatic heterocycles. The number of carbonyl (C=O) groups is 1. The van der Waals surface area contributed by atoms with E-state index in [4.69, 9.17) is 11.6 Å². The summed E-state index contributed by atoms with van der Waals surface area (Å²) >= 11 is 5.84. The zero-order valence-corrected chi connectivity index (χ0v) is 17.0. The molecule has 1 N–H and O–H groups in total. The van der Waals surface area contributed by atoms with Crippen LogP contribution in [0.3, 0.4) is 0 Å². The number of carbonyl (C=O) groups excluding carboxylic acids is 1. The highest BCUT2D eigenvalue weighted by Crippen LogP contribution is 2.21. The van der Waals surface area contributed by atoms with Crippen molar-refractivity contribution in [2.24, 2.45) is 0 Å². The molecule has 1 aliphatic rings. The van der Waals surface area contributed by atoms with Gasteiger partial charge in [-0.15, -0.1) is 0 Å². The summed E-state index contributed by atoms with van der Waals surface area (Å²) in [7, 11) is -3.61. The molecule has 0 bridgehead atoms. The predicted molar refractivity (Wildman–Crippen MR) is 110 cm³/mol. The van der Waals surface area contributed by atoms with Crippen molar-refractivity contribution in [2.45, 2.75) is 4.90 Å². The smallest absolute Gasteiger partial charge is 0.271 e. The molecule has 29 heavy (non-hydrogen) atoms. The average molecular weight is 431 g/mol. The molecule has 1 aromatic heterocycles. The second-order valence-electron chi connectivity index (χ2n) is 6.68. The number of halogens is 1. The molecule has 7 nitrogen and oxygen atoms in total. The Balaban J connectivity index is 1.42. The van der Waals surface area contributed by atoms with E-state index in [0.29, 0.717) is 29.5 Å². The van der Waals surface area contributed by atoms with E-state index in [-0.39, 0.29) is 23.9 Å². The van der Waals surface area contributed by atoms with Crippen molar-refractivity contribution in [3.05, 3.63) is 71.4 Å². The maximum absolute atomic E-state index is 12.8. The Morgan fingerprint density at radius 1 is 0.966 bits per heavy atom. The summed E-state index contributed by atoms with van der Waals surface area (Å²) in [6.45, 7) is 1.09. The Hall–Kier alpha value is -2.68. The van der Waals surface area contributed by atoms with Crippen LogP contribution in [0.25, 0.3) is 11.3 Å². The number of sulfonamides is 1. The molecule has 1 saturated heterocycles. The maximum atomic E-state index is 12.8. The van der Waals surface area contributed by atoms with Crippen LogP contribution in [0.2, 0.25) is 5.02 Å². The number of rotatable bonds is 4. The third kappa shape index (κ3) is 4.05. The lowest BCUT2D eigenvalue weighted by atomic mass is 10.1. The first-order valence-corrected chi connectivity index (χ1v) is 10.9. The van der Waals surface area contributed by atoms with Crippen molar-refractivity contribution >= 4 is 27.5 Å². The van der Waals surface area contributed by atoms with Gasteiger partial charge in [0.1, 0.15) is 5.69 Å². The third-order valence-corrected chi connectivity index (χ3v) is 7.02. The van der Waals surface area contributed by atoms with Crippen LogP contribution in [-0.4, -0.2) is 59.9 Å². The highest BCUT2D eigenvalue weighted by atomic mass is 35.5. The van der Waals surface area contributed by atoms with E-state index in [9.17, 15) is 13.2 Å². The van der Waals surface area contributed by atoms with Crippen LogP contribution in [0.15, 0.2) is 65.6 Å². The van der Waals surface area contributed by atoms with E-state index in [2.05, 4.69) is 10.2 Å². The first kappa shape index (κ1) is 19.6. The van der Waals surface area contributed by atoms with Crippen molar-refractivity contribution in [2.75, 3.05) is 26.2 Å². The zero-order valence-electron chi connectivity index (χ0n) is 15.5. The Labute approximate surface area is 174 Å². The first-order chi connectivity index (χ1) is 13.9. The van der Waals surface area contributed by atoms with E-state index in [1.54, 1.807) is 23.1 Å². The lowest BCUT2D eigenvalue weighted by molar-refractivity contribution is 0.0692. The molecule has 0 saturated carbocycles. The van der Waals surface area contributed by atoms with Crippen molar-refractivity contribution in [3.63, 3.8) is 0 Å². The highest BCUT2D eigenvalue weighted by molar-refractivity contribution is 7.89. The first-order valence-electron chi connectivity index (χ1n) is 9.11. The highest BCUT2D eigenvalue weighted by Gasteiger charge is 2.31. The molecule has 150 valence electrons. The summed E-state index contributed by atoms with van der Waals surface area (Å²) in [6.07, 6.45) is 0. The maximum Gasteiger partial charge on any atom is 0.271 e.